The summed E-state index contributed by atoms with van der Waals surface area (Å²) in [5, 5.41) is 22.3. The number of rotatable bonds is 24. The van der Waals surface area contributed by atoms with Crippen LogP contribution in [0.4, 0.5) is 0 Å². The molecule has 0 spiro atoms. The molecule has 0 aromatic carbocycles. The predicted octanol–water partition coefficient (Wildman–Crippen LogP) is 3.64. The molecule has 228 valence electrons. The van der Waals surface area contributed by atoms with Gasteiger partial charge in [-0.1, -0.05) is 45.4 Å². The summed E-state index contributed by atoms with van der Waals surface area (Å²) < 4.78 is 1.89. The average Bonchev–Trinajstić information content (AvgIpc) is 3.36. The summed E-state index contributed by atoms with van der Waals surface area (Å²) in [4.78, 5) is 4.57. The molecule has 1 atom stereocenters. The van der Waals surface area contributed by atoms with Gasteiger partial charge in [0.1, 0.15) is 0 Å². The Morgan fingerprint density at radius 3 is 2.25 bits per heavy atom. The third-order valence-electron chi connectivity index (χ3n) is 6.84. The van der Waals surface area contributed by atoms with Gasteiger partial charge >= 0.3 is 0 Å². The smallest absolute Gasteiger partial charge is 0.0568 e. The van der Waals surface area contributed by atoms with Crippen molar-refractivity contribution >= 4 is 11.8 Å². The van der Waals surface area contributed by atoms with Gasteiger partial charge in [0.25, 0.3) is 0 Å². The standard InChI is InChI=1S/C32H60N8/c1-27(2)21-35-14-6-10-33-12-8-16-37-23-29-18-30(20-31(19-29)32-25-39-40(5)26-32)24-38-17-9-13-34-11-7-15-36-22-28(3)4/h12,19-20,25-28,30,34-38H,6-11,13-18,21-24H2,1-5H3. The fraction of sp³-hybridized carbons (Fsp3) is 0.750. The van der Waals surface area contributed by atoms with Crippen LogP contribution in [0.15, 0.2) is 35.1 Å². The maximum atomic E-state index is 4.57. The van der Waals surface area contributed by atoms with Crippen molar-refractivity contribution < 1.29 is 0 Å². The molecule has 0 radical (unpaired) electrons. The van der Waals surface area contributed by atoms with E-state index < -0.39 is 0 Å². The van der Waals surface area contributed by atoms with Gasteiger partial charge in [-0.15, -0.1) is 0 Å². The first kappa shape index (κ1) is 34.4. The third-order valence-corrected chi connectivity index (χ3v) is 6.84. The molecule has 0 aliphatic heterocycles. The van der Waals surface area contributed by atoms with E-state index in [2.05, 4.69) is 88.9 Å². The van der Waals surface area contributed by atoms with Crippen LogP contribution in [-0.4, -0.2) is 88.0 Å². The van der Waals surface area contributed by atoms with Gasteiger partial charge in [0, 0.05) is 45.0 Å². The third kappa shape index (κ3) is 17.1. The van der Waals surface area contributed by atoms with Crippen molar-refractivity contribution in [1.82, 2.24) is 36.4 Å². The van der Waals surface area contributed by atoms with Gasteiger partial charge in [0.05, 0.1) is 6.20 Å². The van der Waals surface area contributed by atoms with Gasteiger partial charge in [0.2, 0.25) is 0 Å². The molecule has 0 bridgehead atoms. The molecule has 0 fully saturated rings. The molecule has 0 saturated heterocycles. The zero-order valence-corrected chi connectivity index (χ0v) is 26.3. The highest BCUT2D eigenvalue weighted by Crippen LogP contribution is 2.28. The van der Waals surface area contributed by atoms with Crippen molar-refractivity contribution in [3.05, 3.63) is 35.7 Å². The number of hydrogen-bond acceptors (Lipinski definition) is 7. The van der Waals surface area contributed by atoms with E-state index in [4.69, 9.17) is 0 Å². The van der Waals surface area contributed by atoms with E-state index in [0.717, 1.165) is 104 Å². The molecule has 1 aromatic heterocycles. The highest BCUT2D eigenvalue weighted by Gasteiger charge is 2.17. The lowest BCUT2D eigenvalue weighted by Gasteiger charge is -2.22. The van der Waals surface area contributed by atoms with Crippen LogP contribution in [-0.2, 0) is 7.05 Å². The molecule has 1 heterocycles. The highest BCUT2D eigenvalue weighted by molar-refractivity contribution is 5.75. The molecule has 1 unspecified atom stereocenters. The van der Waals surface area contributed by atoms with Crippen molar-refractivity contribution in [2.75, 3.05) is 72.0 Å². The molecule has 5 N–H and O–H groups in total. The van der Waals surface area contributed by atoms with Gasteiger partial charge in [-0.25, -0.2) is 0 Å². The Kier molecular flexibility index (Phi) is 18.8. The van der Waals surface area contributed by atoms with E-state index in [1.165, 1.54) is 23.1 Å². The van der Waals surface area contributed by atoms with Crippen LogP contribution in [0.5, 0.6) is 0 Å². The summed E-state index contributed by atoms with van der Waals surface area (Å²) in [6.45, 7) is 20.4. The number of aliphatic imine (C=N–C) groups is 1. The molecule has 8 nitrogen and oxygen atoms in total. The number of aromatic nitrogens is 2. The van der Waals surface area contributed by atoms with E-state index in [0.29, 0.717) is 11.8 Å². The zero-order valence-electron chi connectivity index (χ0n) is 26.3. The molecule has 1 aliphatic rings. The van der Waals surface area contributed by atoms with Gasteiger partial charge in [-0.05, 0) is 107 Å². The summed E-state index contributed by atoms with van der Waals surface area (Å²) in [5.41, 5.74) is 3.96. The summed E-state index contributed by atoms with van der Waals surface area (Å²) >= 11 is 0. The Balaban J connectivity index is 1.63. The maximum absolute atomic E-state index is 4.57. The van der Waals surface area contributed by atoms with Crippen molar-refractivity contribution in [3.63, 3.8) is 0 Å². The lowest BCUT2D eigenvalue weighted by atomic mass is 9.88. The molecular formula is C32H60N8. The van der Waals surface area contributed by atoms with Crippen LogP contribution < -0.4 is 26.6 Å². The van der Waals surface area contributed by atoms with Gasteiger partial charge in [0.15, 0.2) is 0 Å². The molecule has 2 rings (SSSR count). The minimum atomic E-state index is 0.503. The van der Waals surface area contributed by atoms with Crippen LogP contribution in [0.1, 0.15) is 65.4 Å². The summed E-state index contributed by atoms with van der Waals surface area (Å²) in [5.74, 6) is 1.94. The van der Waals surface area contributed by atoms with E-state index in [9.17, 15) is 0 Å². The second kappa shape index (κ2) is 21.8. The quantitative estimate of drug-likeness (QED) is 0.0987. The van der Waals surface area contributed by atoms with Gasteiger partial charge in [-0.3, -0.25) is 9.67 Å². The van der Waals surface area contributed by atoms with Crippen molar-refractivity contribution in [3.8, 4) is 0 Å². The molecule has 1 aliphatic carbocycles. The zero-order chi connectivity index (χ0) is 28.8. The Morgan fingerprint density at radius 2 is 1.57 bits per heavy atom. The Morgan fingerprint density at radius 1 is 0.900 bits per heavy atom. The summed E-state index contributed by atoms with van der Waals surface area (Å²) in [7, 11) is 1.98. The Labute approximate surface area is 245 Å². The first-order chi connectivity index (χ1) is 19.4. The monoisotopic (exact) mass is 556 g/mol. The van der Waals surface area contributed by atoms with E-state index in [1.54, 1.807) is 0 Å². The van der Waals surface area contributed by atoms with Crippen LogP contribution in [0, 0.1) is 17.8 Å². The largest absolute Gasteiger partial charge is 0.317 e. The van der Waals surface area contributed by atoms with Crippen LogP contribution in [0.2, 0.25) is 0 Å². The van der Waals surface area contributed by atoms with Gasteiger partial charge in [-0.2, -0.15) is 5.10 Å². The summed E-state index contributed by atoms with van der Waals surface area (Å²) in [6, 6.07) is 0. The van der Waals surface area contributed by atoms with E-state index in [-0.39, 0.29) is 0 Å². The number of nitrogens with zero attached hydrogens (tertiary/aromatic N) is 3. The number of aryl methyl sites for hydroxylation is 1. The van der Waals surface area contributed by atoms with E-state index >= 15 is 0 Å². The average molecular weight is 557 g/mol. The fourth-order valence-corrected chi connectivity index (χ4v) is 4.74. The van der Waals surface area contributed by atoms with Crippen LogP contribution >= 0.6 is 0 Å². The first-order valence-corrected chi connectivity index (χ1v) is 15.9. The molecule has 8 heteroatoms. The minimum Gasteiger partial charge on any atom is -0.317 e. The van der Waals surface area contributed by atoms with Crippen LogP contribution in [0.25, 0.3) is 5.57 Å². The highest BCUT2D eigenvalue weighted by atomic mass is 15.2. The number of nitrogens with one attached hydrogen (secondary N) is 5. The van der Waals surface area contributed by atoms with Crippen molar-refractivity contribution in [2.45, 2.75) is 59.8 Å². The van der Waals surface area contributed by atoms with E-state index in [1.807, 2.05) is 17.9 Å². The molecular weight excluding hydrogens is 496 g/mol. The first-order valence-electron chi connectivity index (χ1n) is 15.9. The Bertz CT molecular complexity index is 855. The molecule has 0 amide bonds. The minimum absolute atomic E-state index is 0.503. The maximum Gasteiger partial charge on any atom is 0.0568 e. The molecule has 40 heavy (non-hydrogen) atoms. The van der Waals surface area contributed by atoms with Crippen LogP contribution in [0.3, 0.4) is 0 Å². The second-order valence-electron chi connectivity index (χ2n) is 12.1. The number of allylic oxidation sites excluding steroid dienone is 2. The number of hydrogen-bond donors (Lipinski definition) is 5. The fourth-order valence-electron chi connectivity index (χ4n) is 4.74. The van der Waals surface area contributed by atoms with Crippen molar-refractivity contribution in [1.29, 1.82) is 0 Å². The van der Waals surface area contributed by atoms with Crippen molar-refractivity contribution in [2.24, 2.45) is 29.8 Å². The second-order valence-corrected chi connectivity index (χ2v) is 12.1. The SMILES string of the molecule is CC(C)CNCCCN=CCCNCC1=CC(c2cnn(C)c2)=CC(CNCCCNCCCNCC(C)C)C1. The Hall–Kier alpha value is -1.84. The lowest BCUT2D eigenvalue weighted by Crippen LogP contribution is -2.29. The molecule has 1 aromatic rings. The molecule has 0 saturated carbocycles. The van der Waals surface area contributed by atoms with Gasteiger partial charge < -0.3 is 26.6 Å². The predicted molar refractivity (Wildman–Crippen MR) is 173 cm³/mol. The lowest BCUT2D eigenvalue weighted by molar-refractivity contribution is 0.511. The normalized spacial score (nSPS) is 15.9. The summed E-state index contributed by atoms with van der Waals surface area (Å²) in [6.07, 6.45) is 16.5. The topological polar surface area (TPSA) is 90.3 Å².